The number of aromatic nitrogens is 1. The average Bonchev–Trinajstić information content (AvgIpc) is 2.36. The van der Waals surface area contributed by atoms with Crippen molar-refractivity contribution in [3.63, 3.8) is 0 Å². The fraction of sp³-hybridized carbons (Fsp3) is 0.0769. The van der Waals surface area contributed by atoms with Gasteiger partial charge in [-0.3, -0.25) is 0 Å². The van der Waals surface area contributed by atoms with Crippen molar-refractivity contribution in [2.75, 3.05) is 5.73 Å². The van der Waals surface area contributed by atoms with Gasteiger partial charge in [-0.2, -0.15) is 0 Å². The first-order chi connectivity index (χ1) is 8.97. The first-order valence-electron chi connectivity index (χ1n) is 5.40. The van der Waals surface area contributed by atoms with Crippen LogP contribution in [0.1, 0.15) is 15.9 Å². The van der Waals surface area contributed by atoms with Crippen LogP contribution >= 0.6 is 0 Å². The van der Waals surface area contributed by atoms with Crippen molar-refractivity contribution in [2.45, 2.75) is 6.92 Å². The molecule has 0 spiro atoms. The number of anilines is 1. The maximum absolute atomic E-state index is 13.4. The molecule has 5 nitrogen and oxygen atoms in total. The van der Waals surface area contributed by atoms with E-state index in [9.17, 15) is 9.18 Å². The highest BCUT2D eigenvalue weighted by Crippen LogP contribution is 2.27. The molecule has 0 aliphatic carbocycles. The van der Waals surface area contributed by atoms with Gasteiger partial charge in [0.25, 0.3) is 0 Å². The summed E-state index contributed by atoms with van der Waals surface area (Å²) in [6, 6.07) is 5.44. The number of aryl methyl sites for hydroxylation is 1. The van der Waals surface area contributed by atoms with Crippen LogP contribution in [0.5, 0.6) is 11.5 Å². The van der Waals surface area contributed by atoms with E-state index in [4.69, 9.17) is 15.6 Å². The Labute approximate surface area is 108 Å². The van der Waals surface area contributed by atoms with Crippen LogP contribution in [0.3, 0.4) is 0 Å². The largest absolute Gasteiger partial charge is 0.478 e. The molecule has 0 atom stereocenters. The topological polar surface area (TPSA) is 85.4 Å². The predicted molar refractivity (Wildman–Crippen MR) is 66.8 cm³/mol. The molecule has 1 heterocycles. The second-order valence-corrected chi connectivity index (χ2v) is 3.92. The molecule has 0 fully saturated rings. The second-order valence-electron chi connectivity index (χ2n) is 3.92. The van der Waals surface area contributed by atoms with Crippen molar-refractivity contribution in [2.24, 2.45) is 0 Å². The van der Waals surface area contributed by atoms with Crippen molar-refractivity contribution in [3.05, 3.63) is 47.4 Å². The van der Waals surface area contributed by atoms with Gasteiger partial charge in [-0.25, -0.2) is 14.2 Å². The third kappa shape index (κ3) is 2.79. The molecule has 0 saturated carbocycles. The van der Waals surface area contributed by atoms with Gasteiger partial charge in [0, 0.05) is 6.07 Å². The molecule has 19 heavy (non-hydrogen) atoms. The van der Waals surface area contributed by atoms with Crippen molar-refractivity contribution in [1.82, 2.24) is 4.98 Å². The van der Waals surface area contributed by atoms with Crippen LogP contribution in [-0.4, -0.2) is 16.1 Å². The Bertz CT molecular complexity index is 644. The lowest BCUT2D eigenvalue weighted by Crippen LogP contribution is -2.03. The highest BCUT2D eigenvalue weighted by atomic mass is 19.1. The molecule has 2 aromatic rings. The van der Waals surface area contributed by atoms with E-state index in [0.29, 0.717) is 5.56 Å². The molecule has 98 valence electrons. The molecule has 6 heteroatoms. The Morgan fingerprint density at radius 1 is 1.42 bits per heavy atom. The standard InChI is InChI=1S/C13H11FN2O3/c1-7-2-3-8(4-10(7)14)19-11-6-16-12(15)5-9(11)13(17)18/h2-6H,1H3,(H2,15,16)(H,17,18). The van der Waals surface area contributed by atoms with Crippen LogP contribution < -0.4 is 10.5 Å². The maximum Gasteiger partial charge on any atom is 0.339 e. The predicted octanol–water partition coefficient (Wildman–Crippen LogP) is 2.60. The quantitative estimate of drug-likeness (QED) is 0.888. The van der Waals surface area contributed by atoms with E-state index in [-0.39, 0.29) is 22.9 Å². The van der Waals surface area contributed by atoms with Crippen molar-refractivity contribution in [3.8, 4) is 11.5 Å². The Hall–Kier alpha value is -2.63. The van der Waals surface area contributed by atoms with Gasteiger partial charge in [0.1, 0.15) is 22.9 Å². The molecule has 0 radical (unpaired) electrons. The number of hydrogen-bond acceptors (Lipinski definition) is 4. The van der Waals surface area contributed by atoms with Crippen molar-refractivity contribution in [1.29, 1.82) is 0 Å². The van der Waals surface area contributed by atoms with Gasteiger partial charge in [0.2, 0.25) is 0 Å². The molecule has 1 aromatic carbocycles. The molecule has 0 bridgehead atoms. The molecule has 1 aromatic heterocycles. The third-order valence-corrected chi connectivity index (χ3v) is 2.49. The summed E-state index contributed by atoms with van der Waals surface area (Å²) in [6.45, 7) is 1.62. The average molecular weight is 262 g/mol. The molecular formula is C13H11FN2O3. The number of pyridine rings is 1. The molecule has 2 rings (SSSR count). The van der Waals surface area contributed by atoms with E-state index in [2.05, 4.69) is 4.98 Å². The lowest BCUT2D eigenvalue weighted by molar-refractivity contribution is 0.0694. The first kappa shape index (κ1) is 12.8. The number of ether oxygens (including phenoxy) is 1. The minimum absolute atomic E-state index is 0.00459. The summed E-state index contributed by atoms with van der Waals surface area (Å²) in [5.74, 6) is -1.36. The Morgan fingerprint density at radius 2 is 2.16 bits per heavy atom. The van der Waals surface area contributed by atoms with Crippen LogP contribution in [0.4, 0.5) is 10.2 Å². The van der Waals surface area contributed by atoms with E-state index in [1.165, 1.54) is 24.4 Å². The summed E-state index contributed by atoms with van der Waals surface area (Å²) in [6.07, 6.45) is 1.19. The lowest BCUT2D eigenvalue weighted by Gasteiger charge is -2.09. The Balaban J connectivity index is 2.37. The molecule has 0 aliphatic rings. The number of rotatable bonds is 3. The van der Waals surface area contributed by atoms with Gasteiger partial charge in [-0.1, -0.05) is 6.07 Å². The van der Waals surface area contributed by atoms with Gasteiger partial charge in [0.05, 0.1) is 6.20 Å². The third-order valence-electron chi connectivity index (χ3n) is 2.49. The monoisotopic (exact) mass is 262 g/mol. The smallest absolute Gasteiger partial charge is 0.339 e. The van der Waals surface area contributed by atoms with Gasteiger partial charge in [0.15, 0.2) is 5.75 Å². The van der Waals surface area contributed by atoms with Gasteiger partial charge in [-0.15, -0.1) is 0 Å². The summed E-state index contributed by atoms with van der Waals surface area (Å²) in [7, 11) is 0. The van der Waals surface area contributed by atoms with Gasteiger partial charge < -0.3 is 15.6 Å². The maximum atomic E-state index is 13.4. The zero-order valence-electron chi connectivity index (χ0n) is 10.1. The normalized spacial score (nSPS) is 10.2. The zero-order chi connectivity index (χ0) is 14.0. The number of carboxylic acid groups (broad SMARTS) is 1. The minimum atomic E-state index is -1.20. The number of aromatic carboxylic acids is 1. The van der Waals surface area contributed by atoms with E-state index in [1.54, 1.807) is 13.0 Å². The fourth-order valence-corrected chi connectivity index (χ4v) is 1.47. The summed E-state index contributed by atoms with van der Waals surface area (Å²) in [4.78, 5) is 14.8. The molecule has 0 amide bonds. The van der Waals surface area contributed by atoms with E-state index in [0.717, 1.165) is 0 Å². The number of nitrogens with two attached hydrogens (primary N) is 1. The number of nitrogens with zero attached hydrogens (tertiary/aromatic N) is 1. The number of carbonyl (C=O) groups is 1. The van der Waals surface area contributed by atoms with E-state index >= 15 is 0 Å². The summed E-state index contributed by atoms with van der Waals surface area (Å²) in [5, 5.41) is 9.03. The molecule has 0 saturated heterocycles. The highest BCUT2D eigenvalue weighted by molar-refractivity contribution is 5.91. The number of benzene rings is 1. The number of hydrogen-bond donors (Lipinski definition) is 2. The van der Waals surface area contributed by atoms with Crippen molar-refractivity contribution >= 4 is 11.8 Å². The van der Waals surface area contributed by atoms with Gasteiger partial charge in [-0.05, 0) is 24.6 Å². The Morgan fingerprint density at radius 3 is 2.79 bits per heavy atom. The lowest BCUT2D eigenvalue weighted by atomic mass is 10.2. The SMILES string of the molecule is Cc1ccc(Oc2cnc(N)cc2C(=O)O)cc1F. The minimum Gasteiger partial charge on any atom is -0.478 e. The Kier molecular flexibility index (Phi) is 3.33. The van der Waals surface area contributed by atoms with Crippen LogP contribution in [0, 0.1) is 12.7 Å². The number of halogens is 1. The first-order valence-corrected chi connectivity index (χ1v) is 5.40. The summed E-state index contributed by atoms with van der Waals surface area (Å²) < 4.78 is 18.7. The van der Waals surface area contributed by atoms with Crippen molar-refractivity contribution < 1.29 is 19.0 Å². The molecule has 0 unspecified atom stereocenters. The highest BCUT2D eigenvalue weighted by Gasteiger charge is 2.14. The summed E-state index contributed by atoms with van der Waals surface area (Å²) in [5.41, 5.74) is 5.75. The molecule has 3 N–H and O–H groups in total. The van der Waals surface area contributed by atoms with E-state index < -0.39 is 11.8 Å². The van der Waals surface area contributed by atoms with Crippen LogP contribution in [0.2, 0.25) is 0 Å². The zero-order valence-corrected chi connectivity index (χ0v) is 10.1. The molecular weight excluding hydrogens is 251 g/mol. The van der Waals surface area contributed by atoms with Crippen LogP contribution in [0.25, 0.3) is 0 Å². The van der Waals surface area contributed by atoms with Crippen LogP contribution in [0.15, 0.2) is 30.5 Å². The van der Waals surface area contributed by atoms with Gasteiger partial charge >= 0.3 is 5.97 Å². The van der Waals surface area contributed by atoms with Crippen LogP contribution in [-0.2, 0) is 0 Å². The fourth-order valence-electron chi connectivity index (χ4n) is 1.47. The summed E-state index contributed by atoms with van der Waals surface area (Å²) >= 11 is 0. The van der Waals surface area contributed by atoms with E-state index in [1.807, 2.05) is 0 Å². The number of carboxylic acids is 1. The second kappa shape index (κ2) is 4.93. The molecule has 0 aliphatic heterocycles. The number of nitrogen functional groups attached to an aromatic ring is 1.